The van der Waals surface area contributed by atoms with E-state index in [9.17, 15) is 4.79 Å². The zero-order valence-corrected chi connectivity index (χ0v) is 18.6. The molecule has 0 bridgehead atoms. The third kappa shape index (κ3) is 4.43. The fraction of sp³-hybridized carbons (Fsp3) is 0.0909. The minimum atomic E-state index is -0.231. The van der Waals surface area contributed by atoms with Crippen molar-refractivity contribution in [3.63, 3.8) is 0 Å². The van der Waals surface area contributed by atoms with E-state index in [4.69, 9.17) is 28.2 Å². The number of aromatic nitrogens is 1. The number of hydrogen-bond acceptors (Lipinski definition) is 4. The summed E-state index contributed by atoms with van der Waals surface area (Å²) in [5, 5.41) is 1.46. The summed E-state index contributed by atoms with van der Waals surface area (Å²) in [4.78, 5) is 21.0. The number of hydrogen-bond donors (Lipinski definition) is 0. The van der Waals surface area contributed by atoms with Crippen LogP contribution in [0.25, 0.3) is 10.2 Å². The average molecular weight is 459 g/mol. The zero-order valence-electron chi connectivity index (χ0n) is 15.4. The minimum absolute atomic E-state index is 0.231. The molecule has 1 amide bonds. The van der Waals surface area contributed by atoms with Crippen LogP contribution in [0, 0.1) is 0 Å². The van der Waals surface area contributed by atoms with Gasteiger partial charge in [-0.25, -0.2) is 4.98 Å². The highest BCUT2D eigenvalue weighted by molar-refractivity contribution is 7.98. The van der Waals surface area contributed by atoms with E-state index in [0.29, 0.717) is 27.3 Å². The van der Waals surface area contributed by atoms with Crippen molar-refractivity contribution in [3.8, 4) is 0 Å². The summed E-state index contributed by atoms with van der Waals surface area (Å²) in [7, 11) is 0. The topological polar surface area (TPSA) is 33.2 Å². The second kappa shape index (κ2) is 8.76. The van der Waals surface area contributed by atoms with E-state index in [-0.39, 0.29) is 5.91 Å². The van der Waals surface area contributed by atoms with Crippen LogP contribution in [-0.4, -0.2) is 17.1 Å². The summed E-state index contributed by atoms with van der Waals surface area (Å²) in [6.45, 7) is 0.387. The van der Waals surface area contributed by atoms with Crippen LogP contribution in [0.3, 0.4) is 0 Å². The maximum absolute atomic E-state index is 13.5. The molecule has 0 N–H and O–H groups in total. The molecular weight excluding hydrogens is 443 g/mol. The first-order valence-corrected chi connectivity index (χ1v) is 11.6. The van der Waals surface area contributed by atoms with Gasteiger partial charge < -0.3 is 0 Å². The van der Waals surface area contributed by atoms with Gasteiger partial charge in [0.15, 0.2) is 5.13 Å². The van der Waals surface area contributed by atoms with Crippen molar-refractivity contribution in [1.29, 1.82) is 0 Å². The van der Waals surface area contributed by atoms with Gasteiger partial charge in [-0.2, -0.15) is 0 Å². The summed E-state index contributed by atoms with van der Waals surface area (Å²) >= 11 is 15.6. The molecule has 0 aliphatic rings. The van der Waals surface area contributed by atoms with E-state index in [0.717, 1.165) is 20.7 Å². The second-order valence-electron chi connectivity index (χ2n) is 6.33. The second-order valence-corrected chi connectivity index (χ2v) is 9.06. The summed E-state index contributed by atoms with van der Waals surface area (Å²) in [6.07, 6.45) is 2.04. The van der Waals surface area contributed by atoms with Gasteiger partial charge in [-0.05, 0) is 48.2 Å². The molecule has 7 heteroatoms. The Hall–Kier alpha value is -2.05. The highest BCUT2D eigenvalue weighted by atomic mass is 35.5. The first-order chi connectivity index (χ1) is 14.0. The number of carbonyl (C=O) groups is 1. The molecule has 0 spiro atoms. The van der Waals surface area contributed by atoms with Crippen LogP contribution in [0.1, 0.15) is 15.9 Å². The molecule has 1 heterocycles. The van der Waals surface area contributed by atoms with Crippen LogP contribution in [0.15, 0.2) is 71.6 Å². The number of thioether (sulfide) groups is 1. The fourth-order valence-electron chi connectivity index (χ4n) is 2.93. The molecule has 0 saturated carbocycles. The van der Waals surface area contributed by atoms with Crippen molar-refractivity contribution >= 4 is 67.6 Å². The Labute approximate surface area is 187 Å². The van der Waals surface area contributed by atoms with Gasteiger partial charge in [-0.15, -0.1) is 11.8 Å². The Bertz CT molecular complexity index is 1180. The van der Waals surface area contributed by atoms with Crippen molar-refractivity contribution in [2.45, 2.75) is 11.4 Å². The predicted octanol–water partition coefficient (Wildman–Crippen LogP) is 7.17. The van der Waals surface area contributed by atoms with E-state index < -0.39 is 0 Å². The Balaban J connectivity index is 1.79. The minimum Gasteiger partial charge on any atom is -0.279 e. The molecular formula is C22H16Cl2N2OS2. The van der Waals surface area contributed by atoms with Gasteiger partial charge in [-0.3, -0.25) is 9.69 Å². The molecule has 3 aromatic carbocycles. The molecule has 0 fully saturated rings. The Morgan fingerprint density at radius 2 is 1.86 bits per heavy atom. The SMILES string of the molecule is CSc1ccc2nc(N(Cc3ccccc3)C(=O)c3cc(Cl)ccc3Cl)sc2c1. The standard InChI is InChI=1S/C22H16Cl2N2OS2/c1-28-16-8-10-19-20(12-16)29-22(25-19)26(13-14-5-3-2-4-6-14)21(27)17-11-15(23)7-9-18(17)24/h2-12H,13H2,1H3. The third-order valence-corrected chi connectivity index (χ3v) is 6.73. The number of rotatable bonds is 5. The molecule has 29 heavy (non-hydrogen) atoms. The lowest BCUT2D eigenvalue weighted by Crippen LogP contribution is -2.30. The Morgan fingerprint density at radius 1 is 1.07 bits per heavy atom. The number of carbonyl (C=O) groups excluding carboxylic acids is 1. The number of anilines is 1. The summed E-state index contributed by atoms with van der Waals surface area (Å²) < 4.78 is 1.04. The first kappa shape index (κ1) is 20.2. The van der Waals surface area contributed by atoms with Crippen LogP contribution in [0.2, 0.25) is 10.0 Å². The lowest BCUT2D eigenvalue weighted by atomic mass is 10.1. The molecule has 0 radical (unpaired) electrons. The lowest BCUT2D eigenvalue weighted by molar-refractivity contribution is 0.0985. The van der Waals surface area contributed by atoms with Crippen molar-refractivity contribution in [3.05, 3.63) is 87.9 Å². The van der Waals surface area contributed by atoms with Gasteiger partial charge in [-0.1, -0.05) is 64.9 Å². The van der Waals surface area contributed by atoms with E-state index >= 15 is 0 Å². The number of thiazole rings is 1. The molecule has 0 aliphatic heterocycles. The molecule has 1 aromatic heterocycles. The highest BCUT2D eigenvalue weighted by Crippen LogP contribution is 2.34. The van der Waals surface area contributed by atoms with Gasteiger partial charge in [0.1, 0.15) is 0 Å². The van der Waals surface area contributed by atoms with Crippen molar-refractivity contribution in [2.24, 2.45) is 0 Å². The molecule has 146 valence electrons. The van der Waals surface area contributed by atoms with E-state index in [2.05, 4.69) is 6.07 Å². The number of amides is 1. The van der Waals surface area contributed by atoms with Crippen LogP contribution >= 0.6 is 46.3 Å². The number of halogens is 2. The molecule has 0 aliphatic carbocycles. The average Bonchev–Trinajstić information content (AvgIpc) is 3.16. The van der Waals surface area contributed by atoms with E-state index in [1.54, 1.807) is 34.9 Å². The molecule has 0 unspecified atom stereocenters. The molecule has 0 atom stereocenters. The van der Waals surface area contributed by atoms with Crippen molar-refractivity contribution < 1.29 is 4.79 Å². The first-order valence-electron chi connectivity index (χ1n) is 8.80. The molecule has 3 nitrogen and oxygen atoms in total. The van der Waals surface area contributed by atoms with Gasteiger partial charge in [0.25, 0.3) is 5.91 Å². The third-order valence-electron chi connectivity index (χ3n) is 4.40. The maximum Gasteiger partial charge on any atom is 0.261 e. The van der Waals surface area contributed by atoms with Crippen LogP contribution in [0.4, 0.5) is 5.13 Å². The van der Waals surface area contributed by atoms with Gasteiger partial charge in [0, 0.05) is 9.92 Å². The molecule has 0 saturated heterocycles. The largest absolute Gasteiger partial charge is 0.279 e. The van der Waals surface area contributed by atoms with Crippen LogP contribution < -0.4 is 4.90 Å². The van der Waals surface area contributed by atoms with Gasteiger partial charge in [0.2, 0.25) is 0 Å². The lowest BCUT2D eigenvalue weighted by Gasteiger charge is -2.21. The maximum atomic E-state index is 13.5. The molecule has 4 aromatic rings. The van der Waals surface area contributed by atoms with Crippen molar-refractivity contribution in [1.82, 2.24) is 4.98 Å². The van der Waals surface area contributed by atoms with Crippen LogP contribution in [-0.2, 0) is 6.54 Å². The highest BCUT2D eigenvalue weighted by Gasteiger charge is 2.24. The predicted molar refractivity (Wildman–Crippen MR) is 125 cm³/mol. The quantitative estimate of drug-likeness (QED) is 0.297. The smallest absolute Gasteiger partial charge is 0.261 e. The monoisotopic (exact) mass is 458 g/mol. The zero-order chi connectivity index (χ0) is 20.4. The Morgan fingerprint density at radius 3 is 2.62 bits per heavy atom. The van der Waals surface area contributed by atoms with Crippen LogP contribution in [0.5, 0.6) is 0 Å². The van der Waals surface area contributed by atoms with E-state index in [1.165, 1.54) is 11.3 Å². The number of nitrogens with zero attached hydrogens (tertiary/aromatic N) is 2. The fourth-order valence-corrected chi connectivity index (χ4v) is 4.82. The molecule has 4 rings (SSSR count). The van der Waals surface area contributed by atoms with Crippen molar-refractivity contribution in [2.75, 3.05) is 11.2 Å². The Kier molecular flexibility index (Phi) is 6.11. The van der Waals surface area contributed by atoms with Gasteiger partial charge in [0.05, 0.1) is 27.3 Å². The normalized spacial score (nSPS) is 11.0. The summed E-state index contributed by atoms with van der Waals surface area (Å²) in [5.74, 6) is -0.231. The van der Waals surface area contributed by atoms with E-state index in [1.807, 2.05) is 48.7 Å². The van der Waals surface area contributed by atoms with Gasteiger partial charge >= 0.3 is 0 Å². The number of fused-ring (bicyclic) bond motifs is 1. The summed E-state index contributed by atoms with van der Waals surface area (Å²) in [6, 6.07) is 20.9. The summed E-state index contributed by atoms with van der Waals surface area (Å²) in [5.41, 5.74) is 2.23. The number of benzene rings is 3.